The third kappa shape index (κ3) is 5.65. The van der Waals surface area contributed by atoms with E-state index in [1.807, 2.05) is 0 Å². The molecule has 0 atom stereocenters. The van der Waals surface area contributed by atoms with Crippen molar-refractivity contribution >= 4 is 35.0 Å². The van der Waals surface area contributed by atoms with Crippen LogP contribution in [0, 0.1) is 0 Å². The van der Waals surface area contributed by atoms with Gasteiger partial charge in [0.05, 0.1) is 18.2 Å². The van der Waals surface area contributed by atoms with E-state index >= 15 is 0 Å². The molecule has 0 bridgehead atoms. The number of carbonyl (C=O) groups excluding carboxylic acids is 1. The van der Waals surface area contributed by atoms with E-state index in [9.17, 15) is 4.79 Å². The molecular formula is C22H18Cl2N2O4. The lowest BCUT2D eigenvalue weighted by atomic mass is 10.1. The molecule has 8 heteroatoms. The number of rotatable bonds is 7. The van der Waals surface area contributed by atoms with Crippen molar-refractivity contribution in [3.63, 3.8) is 0 Å². The first-order chi connectivity index (χ1) is 14.5. The monoisotopic (exact) mass is 444 g/mol. The molecular weight excluding hydrogens is 427 g/mol. The number of halogens is 2. The Morgan fingerprint density at radius 3 is 2.30 bits per heavy atom. The molecule has 0 radical (unpaired) electrons. The molecule has 0 saturated carbocycles. The highest BCUT2D eigenvalue weighted by Crippen LogP contribution is 2.22. The van der Waals surface area contributed by atoms with E-state index in [-0.39, 0.29) is 5.84 Å². The van der Waals surface area contributed by atoms with Gasteiger partial charge in [0.2, 0.25) is 0 Å². The maximum Gasteiger partial charge on any atom is 0.365 e. The van der Waals surface area contributed by atoms with Gasteiger partial charge in [-0.05, 0) is 60.2 Å². The molecule has 6 nitrogen and oxygen atoms in total. The van der Waals surface area contributed by atoms with Gasteiger partial charge in [0, 0.05) is 10.0 Å². The standard InChI is InChI=1S/C22H18Cl2N2O4/c1-28-20-11-8-17(24)12-19(20)21(25)26-30-22(27)15-4-2-14(3-5-15)13-29-18-9-6-16(23)7-10-18/h2-12H,13H2,1H3,(H2,25,26). The van der Waals surface area contributed by atoms with Gasteiger partial charge in [-0.25, -0.2) is 4.79 Å². The van der Waals surface area contributed by atoms with Gasteiger partial charge in [-0.15, -0.1) is 0 Å². The van der Waals surface area contributed by atoms with Crippen LogP contribution < -0.4 is 15.2 Å². The molecule has 0 aliphatic rings. The fourth-order valence-electron chi connectivity index (χ4n) is 2.51. The van der Waals surface area contributed by atoms with E-state index in [1.165, 1.54) is 7.11 Å². The Labute approximate surface area is 183 Å². The van der Waals surface area contributed by atoms with Crippen LogP contribution in [0.5, 0.6) is 11.5 Å². The van der Waals surface area contributed by atoms with Gasteiger partial charge in [0.25, 0.3) is 0 Å². The predicted molar refractivity (Wildman–Crippen MR) is 116 cm³/mol. The van der Waals surface area contributed by atoms with E-state index in [1.54, 1.807) is 66.7 Å². The van der Waals surface area contributed by atoms with Gasteiger partial charge in [0.1, 0.15) is 18.1 Å². The zero-order valence-electron chi connectivity index (χ0n) is 16.0. The average Bonchev–Trinajstić information content (AvgIpc) is 2.77. The fourth-order valence-corrected chi connectivity index (χ4v) is 2.81. The molecule has 30 heavy (non-hydrogen) atoms. The molecule has 0 heterocycles. The number of amidine groups is 1. The lowest BCUT2D eigenvalue weighted by Gasteiger charge is -2.08. The average molecular weight is 445 g/mol. The Hall–Kier alpha value is -3.22. The molecule has 0 spiro atoms. The van der Waals surface area contributed by atoms with E-state index in [2.05, 4.69) is 5.16 Å². The van der Waals surface area contributed by atoms with Gasteiger partial charge in [-0.1, -0.05) is 40.5 Å². The van der Waals surface area contributed by atoms with Gasteiger partial charge < -0.3 is 20.0 Å². The van der Waals surface area contributed by atoms with E-state index < -0.39 is 5.97 Å². The Morgan fingerprint density at radius 1 is 0.967 bits per heavy atom. The number of hydrogen-bond acceptors (Lipinski definition) is 5. The molecule has 0 aliphatic carbocycles. The van der Waals surface area contributed by atoms with Crippen molar-refractivity contribution in [1.82, 2.24) is 0 Å². The number of nitrogens with zero attached hydrogens (tertiary/aromatic N) is 1. The number of oxime groups is 1. The lowest BCUT2D eigenvalue weighted by Crippen LogP contribution is -2.16. The first-order valence-corrected chi connectivity index (χ1v) is 9.58. The van der Waals surface area contributed by atoms with Crippen LogP contribution in [0.4, 0.5) is 0 Å². The molecule has 3 rings (SSSR count). The minimum atomic E-state index is -0.649. The number of carbonyl (C=O) groups is 1. The second kappa shape index (κ2) is 10.0. The van der Waals surface area contributed by atoms with Gasteiger partial charge >= 0.3 is 5.97 Å². The SMILES string of the molecule is COc1ccc(Cl)cc1/C(N)=N/OC(=O)c1ccc(COc2ccc(Cl)cc2)cc1. The van der Waals surface area contributed by atoms with Crippen LogP contribution >= 0.6 is 23.2 Å². The van der Waals surface area contributed by atoms with Crippen molar-refractivity contribution in [3.05, 3.63) is 93.5 Å². The van der Waals surface area contributed by atoms with Crippen LogP contribution in [0.3, 0.4) is 0 Å². The molecule has 0 unspecified atom stereocenters. The van der Waals surface area contributed by atoms with E-state index in [0.717, 1.165) is 5.56 Å². The Kier molecular flexibility index (Phi) is 7.17. The summed E-state index contributed by atoms with van der Waals surface area (Å²) in [4.78, 5) is 17.2. The number of nitrogens with two attached hydrogens (primary N) is 1. The van der Waals surface area contributed by atoms with Crippen LogP contribution in [-0.4, -0.2) is 18.9 Å². The number of hydrogen-bond donors (Lipinski definition) is 1. The van der Waals surface area contributed by atoms with Crippen molar-refractivity contribution in [2.75, 3.05) is 7.11 Å². The summed E-state index contributed by atoms with van der Waals surface area (Å²) in [6, 6.07) is 18.7. The second-order valence-corrected chi connectivity index (χ2v) is 7.01. The largest absolute Gasteiger partial charge is 0.496 e. The molecule has 3 aromatic rings. The second-order valence-electron chi connectivity index (χ2n) is 6.14. The van der Waals surface area contributed by atoms with Crippen LogP contribution in [0.2, 0.25) is 10.0 Å². The maximum atomic E-state index is 12.2. The minimum Gasteiger partial charge on any atom is -0.496 e. The quantitative estimate of drug-likeness (QED) is 0.238. The Balaban J connectivity index is 1.61. The van der Waals surface area contributed by atoms with Crippen molar-refractivity contribution < 1.29 is 19.1 Å². The smallest absolute Gasteiger partial charge is 0.365 e. The molecule has 3 aromatic carbocycles. The van der Waals surface area contributed by atoms with Gasteiger partial charge in [0.15, 0.2) is 5.84 Å². The molecule has 2 N–H and O–H groups in total. The molecule has 0 amide bonds. The third-order valence-electron chi connectivity index (χ3n) is 4.07. The molecule has 0 aliphatic heterocycles. The summed E-state index contributed by atoms with van der Waals surface area (Å²) < 4.78 is 10.9. The highest BCUT2D eigenvalue weighted by molar-refractivity contribution is 6.31. The fraction of sp³-hybridized carbons (Fsp3) is 0.0909. The minimum absolute atomic E-state index is 0.0318. The Bertz CT molecular complexity index is 1050. The van der Waals surface area contributed by atoms with E-state index in [0.29, 0.717) is 39.3 Å². The molecule has 0 aromatic heterocycles. The summed E-state index contributed by atoms with van der Waals surface area (Å²) in [5.41, 5.74) is 7.53. The predicted octanol–water partition coefficient (Wildman–Crippen LogP) is 5.06. The molecule has 154 valence electrons. The highest BCUT2D eigenvalue weighted by Gasteiger charge is 2.12. The van der Waals surface area contributed by atoms with Crippen molar-refractivity contribution in [2.45, 2.75) is 6.61 Å². The van der Waals surface area contributed by atoms with Gasteiger partial charge in [-0.3, -0.25) is 0 Å². The zero-order chi connectivity index (χ0) is 21.5. The van der Waals surface area contributed by atoms with E-state index in [4.69, 9.17) is 43.2 Å². The maximum absolute atomic E-state index is 12.2. The number of methoxy groups -OCH3 is 1. The summed E-state index contributed by atoms with van der Waals surface area (Å²) in [6.45, 7) is 0.344. The first-order valence-electron chi connectivity index (χ1n) is 8.82. The summed E-state index contributed by atoms with van der Waals surface area (Å²) >= 11 is 11.8. The number of benzene rings is 3. The summed E-state index contributed by atoms with van der Waals surface area (Å²) in [5.74, 6) is 0.477. The van der Waals surface area contributed by atoms with Crippen LogP contribution in [-0.2, 0) is 11.4 Å². The third-order valence-corrected chi connectivity index (χ3v) is 4.56. The Morgan fingerprint density at radius 2 is 1.63 bits per heavy atom. The normalized spacial score (nSPS) is 11.1. The van der Waals surface area contributed by atoms with Crippen molar-refractivity contribution in [1.29, 1.82) is 0 Å². The summed E-state index contributed by atoms with van der Waals surface area (Å²) in [6.07, 6.45) is 0. The number of ether oxygens (including phenoxy) is 2. The van der Waals surface area contributed by atoms with Crippen molar-refractivity contribution in [2.24, 2.45) is 10.9 Å². The van der Waals surface area contributed by atoms with Crippen LogP contribution in [0.15, 0.2) is 71.9 Å². The highest BCUT2D eigenvalue weighted by atomic mass is 35.5. The van der Waals surface area contributed by atoms with Crippen molar-refractivity contribution in [3.8, 4) is 11.5 Å². The topological polar surface area (TPSA) is 83.1 Å². The summed E-state index contributed by atoms with van der Waals surface area (Å²) in [5, 5.41) is 4.79. The van der Waals surface area contributed by atoms with Gasteiger partial charge in [-0.2, -0.15) is 0 Å². The first kappa shape index (κ1) is 21.5. The lowest BCUT2D eigenvalue weighted by molar-refractivity contribution is 0.0516. The summed E-state index contributed by atoms with van der Waals surface area (Å²) in [7, 11) is 1.49. The molecule has 0 saturated heterocycles. The van der Waals surface area contributed by atoms with Crippen LogP contribution in [0.1, 0.15) is 21.5 Å². The van der Waals surface area contributed by atoms with Crippen LogP contribution in [0.25, 0.3) is 0 Å². The molecule has 0 fully saturated rings. The zero-order valence-corrected chi connectivity index (χ0v) is 17.5.